The van der Waals surface area contributed by atoms with Crippen molar-refractivity contribution < 1.29 is 23.8 Å². The molecule has 1 aliphatic heterocycles. The molecule has 0 radical (unpaired) electrons. The van der Waals surface area contributed by atoms with E-state index in [0.717, 1.165) is 0 Å². The van der Waals surface area contributed by atoms with Gasteiger partial charge in [0.05, 0.1) is 12.1 Å². The van der Waals surface area contributed by atoms with Crippen molar-refractivity contribution in [1.82, 2.24) is 10.2 Å². The maximum atomic E-state index is 12.5. The summed E-state index contributed by atoms with van der Waals surface area (Å²) in [6.07, 6.45) is -0.370. The third-order valence-electron chi connectivity index (χ3n) is 4.38. The molecule has 1 aromatic carbocycles. The molecule has 7 heteroatoms. The number of aliphatic hydroxyl groups is 1. The highest BCUT2D eigenvalue weighted by atomic mass is 16.5. The smallest absolute Gasteiger partial charge is 0.287 e. The number of β-amino-alcohol motifs (C(OH)–C–C–N with tert-alkyl or cyclic N) is 1. The molecular weight excluding hydrogens is 336 g/mol. The van der Waals surface area contributed by atoms with Crippen LogP contribution in [0.3, 0.4) is 0 Å². The molecule has 1 aromatic heterocycles. The number of piperidine rings is 1. The van der Waals surface area contributed by atoms with Crippen LogP contribution in [0.25, 0.3) is 0 Å². The Hall–Kier alpha value is -2.64. The van der Waals surface area contributed by atoms with Crippen molar-refractivity contribution in [2.24, 2.45) is 0 Å². The first-order valence-electron chi connectivity index (χ1n) is 8.49. The lowest BCUT2D eigenvalue weighted by Gasteiger charge is -2.36. The van der Waals surface area contributed by atoms with Gasteiger partial charge in [-0.15, -0.1) is 0 Å². The fraction of sp³-hybridized carbons (Fsp3) is 0.368. The van der Waals surface area contributed by atoms with E-state index in [1.165, 1.54) is 0 Å². The third-order valence-corrected chi connectivity index (χ3v) is 4.38. The standard InChI is InChI=1S/C19H22N2O5/c1-25-12-14-7-8-17(26-14)18(23)20-15-9-10-21(11-16(15)22)19(24)13-5-3-2-4-6-13/h2-8,15-16,22H,9-12H2,1H3,(H,20,23)/t15-,16-/m1/s1. The summed E-state index contributed by atoms with van der Waals surface area (Å²) in [4.78, 5) is 26.3. The molecule has 2 amide bonds. The van der Waals surface area contributed by atoms with E-state index in [-0.39, 0.29) is 30.7 Å². The summed E-state index contributed by atoms with van der Waals surface area (Å²) < 4.78 is 10.4. The maximum Gasteiger partial charge on any atom is 0.287 e. The van der Waals surface area contributed by atoms with Gasteiger partial charge in [0, 0.05) is 25.8 Å². The van der Waals surface area contributed by atoms with Crippen LogP contribution < -0.4 is 5.32 Å². The van der Waals surface area contributed by atoms with Gasteiger partial charge in [0.25, 0.3) is 11.8 Å². The topological polar surface area (TPSA) is 92.0 Å². The Bertz CT molecular complexity index is 758. The fourth-order valence-electron chi connectivity index (χ4n) is 3.01. The molecule has 0 saturated carbocycles. The fourth-order valence-corrected chi connectivity index (χ4v) is 3.01. The van der Waals surface area contributed by atoms with Crippen molar-refractivity contribution in [2.75, 3.05) is 20.2 Å². The number of aliphatic hydroxyl groups excluding tert-OH is 1. The Balaban J connectivity index is 1.56. The molecule has 3 rings (SSSR count). The first kappa shape index (κ1) is 18.2. The van der Waals surface area contributed by atoms with E-state index in [4.69, 9.17) is 9.15 Å². The monoisotopic (exact) mass is 358 g/mol. The number of likely N-dealkylation sites (tertiary alicyclic amines) is 1. The van der Waals surface area contributed by atoms with Crippen molar-refractivity contribution in [3.63, 3.8) is 0 Å². The van der Waals surface area contributed by atoms with Crippen molar-refractivity contribution in [1.29, 1.82) is 0 Å². The zero-order valence-electron chi connectivity index (χ0n) is 14.6. The number of carbonyl (C=O) groups excluding carboxylic acids is 2. The number of hydrogen-bond acceptors (Lipinski definition) is 5. The van der Waals surface area contributed by atoms with Crippen LogP contribution in [0.4, 0.5) is 0 Å². The van der Waals surface area contributed by atoms with Crippen LogP contribution in [0.5, 0.6) is 0 Å². The average Bonchev–Trinajstić information content (AvgIpc) is 3.12. The minimum Gasteiger partial charge on any atom is -0.453 e. The molecule has 1 aliphatic rings. The molecule has 7 nitrogen and oxygen atoms in total. The van der Waals surface area contributed by atoms with Crippen LogP contribution in [0.2, 0.25) is 0 Å². The number of nitrogens with one attached hydrogen (secondary N) is 1. The minimum atomic E-state index is -0.839. The van der Waals surface area contributed by atoms with Gasteiger partial charge in [-0.3, -0.25) is 9.59 Å². The highest BCUT2D eigenvalue weighted by Gasteiger charge is 2.32. The highest BCUT2D eigenvalue weighted by Crippen LogP contribution is 2.16. The molecule has 0 unspecified atom stereocenters. The summed E-state index contributed by atoms with van der Waals surface area (Å²) in [6, 6.07) is 11.8. The van der Waals surface area contributed by atoms with E-state index in [9.17, 15) is 14.7 Å². The molecule has 2 heterocycles. The van der Waals surface area contributed by atoms with Crippen molar-refractivity contribution in [3.8, 4) is 0 Å². The van der Waals surface area contributed by atoms with Gasteiger partial charge in [0.1, 0.15) is 12.4 Å². The Labute approximate surface area is 151 Å². The van der Waals surface area contributed by atoms with Crippen LogP contribution in [0.15, 0.2) is 46.9 Å². The maximum absolute atomic E-state index is 12.5. The number of carbonyl (C=O) groups is 2. The van der Waals surface area contributed by atoms with Crippen LogP contribution in [0, 0.1) is 0 Å². The third kappa shape index (κ3) is 4.12. The molecular formula is C19H22N2O5. The van der Waals surface area contributed by atoms with Gasteiger partial charge in [-0.1, -0.05) is 18.2 Å². The summed E-state index contributed by atoms with van der Waals surface area (Å²) in [7, 11) is 1.54. The number of amides is 2. The molecule has 0 aliphatic carbocycles. The predicted molar refractivity (Wildman–Crippen MR) is 93.6 cm³/mol. The van der Waals surface area contributed by atoms with Crippen molar-refractivity contribution in [3.05, 3.63) is 59.5 Å². The quantitative estimate of drug-likeness (QED) is 0.844. The first-order chi connectivity index (χ1) is 12.6. The number of rotatable bonds is 5. The second kappa shape index (κ2) is 8.16. The number of benzene rings is 1. The Morgan fingerprint density at radius 3 is 2.73 bits per heavy atom. The van der Waals surface area contributed by atoms with E-state index < -0.39 is 12.1 Å². The summed E-state index contributed by atoms with van der Waals surface area (Å²) in [5.41, 5.74) is 0.587. The van der Waals surface area contributed by atoms with E-state index in [2.05, 4.69) is 5.32 Å². The van der Waals surface area contributed by atoms with Crippen LogP contribution in [-0.4, -0.2) is 54.2 Å². The van der Waals surface area contributed by atoms with Gasteiger partial charge in [-0.2, -0.15) is 0 Å². The van der Waals surface area contributed by atoms with Gasteiger partial charge >= 0.3 is 0 Å². The van der Waals surface area contributed by atoms with Gasteiger partial charge in [-0.25, -0.2) is 0 Å². The van der Waals surface area contributed by atoms with Crippen LogP contribution in [-0.2, 0) is 11.3 Å². The Kier molecular flexibility index (Phi) is 5.70. The average molecular weight is 358 g/mol. The van der Waals surface area contributed by atoms with E-state index in [0.29, 0.717) is 24.3 Å². The lowest BCUT2D eigenvalue weighted by molar-refractivity contribution is 0.0310. The molecule has 1 saturated heterocycles. The second-order valence-corrected chi connectivity index (χ2v) is 6.25. The molecule has 0 spiro atoms. The highest BCUT2D eigenvalue weighted by molar-refractivity contribution is 5.94. The van der Waals surface area contributed by atoms with Gasteiger partial charge in [-0.05, 0) is 30.7 Å². The normalized spacial score (nSPS) is 20.0. The largest absolute Gasteiger partial charge is 0.453 e. The minimum absolute atomic E-state index is 0.121. The molecule has 138 valence electrons. The van der Waals surface area contributed by atoms with E-state index in [1.807, 2.05) is 6.07 Å². The molecule has 2 atom stereocenters. The number of methoxy groups -OCH3 is 1. The molecule has 2 aromatic rings. The molecule has 1 fully saturated rings. The predicted octanol–water partition coefficient (Wildman–Crippen LogP) is 1.43. The lowest BCUT2D eigenvalue weighted by Crippen LogP contribution is -2.55. The summed E-state index contributed by atoms with van der Waals surface area (Å²) >= 11 is 0. The molecule has 26 heavy (non-hydrogen) atoms. The number of furan rings is 1. The second-order valence-electron chi connectivity index (χ2n) is 6.25. The number of ether oxygens (including phenoxy) is 1. The van der Waals surface area contributed by atoms with Crippen LogP contribution in [0.1, 0.15) is 33.1 Å². The number of hydrogen-bond donors (Lipinski definition) is 2. The zero-order chi connectivity index (χ0) is 18.5. The zero-order valence-corrected chi connectivity index (χ0v) is 14.6. The van der Waals surface area contributed by atoms with Crippen LogP contribution >= 0.6 is 0 Å². The summed E-state index contributed by atoms with van der Waals surface area (Å²) in [5, 5.41) is 13.1. The number of nitrogens with zero attached hydrogens (tertiary/aromatic N) is 1. The summed E-state index contributed by atoms with van der Waals surface area (Å²) in [6.45, 7) is 0.921. The van der Waals surface area contributed by atoms with E-state index in [1.54, 1.807) is 48.4 Å². The molecule has 0 bridgehead atoms. The Morgan fingerprint density at radius 1 is 1.27 bits per heavy atom. The molecule has 2 N–H and O–H groups in total. The lowest BCUT2D eigenvalue weighted by atomic mass is 10.0. The van der Waals surface area contributed by atoms with Gasteiger partial charge < -0.3 is 24.5 Å². The van der Waals surface area contributed by atoms with Gasteiger partial charge in [0.15, 0.2) is 5.76 Å². The van der Waals surface area contributed by atoms with Crippen molar-refractivity contribution >= 4 is 11.8 Å². The Morgan fingerprint density at radius 2 is 2.04 bits per heavy atom. The summed E-state index contributed by atoms with van der Waals surface area (Å²) in [5.74, 6) is 0.220. The van der Waals surface area contributed by atoms with Crippen molar-refractivity contribution in [2.45, 2.75) is 25.2 Å². The first-order valence-corrected chi connectivity index (χ1v) is 8.49. The van der Waals surface area contributed by atoms with Gasteiger partial charge in [0.2, 0.25) is 0 Å². The SMILES string of the molecule is COCc1ccc(C(=O)N[C@@H]2CCN(C(=O)c3ccccc3)C[C@H]2O)o1. The van der Waals surface area contributed by atoms with E-state index >= 15 is 0 Å².